The fraction of sp³-hybridized carbons (Fsp3) is 0.593. The second-order valence-electron chi connectivity index (χ2n) is 10.0. The van der Waals surface area contributed by atoms with Crippen LogP contribution in [0.5, 0.6) is 0 Å². The molecule has 0 aromatic heterocycles. The molecule has 0 aliphatic carbocycles. The summed E-state index contributed by atoms with van der Waals surface area (Å²) in [5.74, 6) is -1.62. The molecule has 7 heteroatoms. The average Bonchev–Trinajstić information content (AvgIpc) is 2.79. The summed E-state index contributed by atoms with van der Waals surface area (Å²) < 4.78 is 0. The monoisotopic (exact) mass is 473 g/mol. The number of amides is 2. The molecule has 7 nitrogen and oxygen atoms in total. The zero-order valence-electron chi connectivity index (χ0n) is 22.2. The number of likely N-dealkylation sites (N-methyl/N-ethyl adjacent to an activating group) is 2. The van der Waals surface area contributed by atoms with Crippen LogP contribution in [0.15, 0.2) is 35.9 Å². The van der Waals surface area contributed by atoms with Gasteiger partial charge in [-0.1, -0.05) is 71.9 Å². The number of nitrogens with one attached hydrogen (secondary N) is 2. The minimum Gasteiger partial charge on any atom is -0.478 e. The minimum atomic E-state index is -1.02. The zero-order valence-corrected chi connectivity index (χ0v) is 22.2. The van der Waals surface area contributed by atoms with Crippen molar-refractivity contribution in [3.05, 3.63) is 47.0 Å². The molecule has 1 aromatic rings. The molecule has 2 amide bonds. The predicted octanol–water partition coefficient (Wildman–Crippen LogP) is 3.74. The number of hydrogen-bond acceptors (Lipinski definition) is 4. The SMILES string of the molecule is CCc1cccc(C(C)C(NC)C(=O)NC(C(=O)N(C)[C@H](/C=C(\C)C(=O)O)CC)C(C)(C)C)c1. The van der Waals surface area contributed by atoms with Crippen molar-refractivity contribution in [3.63, 3.8) is 0 Å². The first-order valence-corrected chi connectivity index (χ1v) is 12.0. The summed E-state index contributed by atoms with van der Waals surface area (Å²) in [5.41, 5.74) is 1.90. The summed E-state index contributed by atoms with van der Waals surface area (Å²) in [6.07, 6.45) is 3.06. The van der Waals surface area contributed by atoms with Gasteiger partial charge in [0.1, 0.15) is 6.04 Å². The Kier molecular flexibility index (Phi) is 11.0. The molecule has 0 spiro atoms. The van der Waals surface area contributed by atoms with E-state index in [0.29, 0.717) is 6.42 Å². The molecule has 3 unspecified atom stereocenters. The second-order valence-corrected chi connectivity index (χ2v) is 10.0. The Balaban J connectivity index is 3.18. The van der Waals surface area contributed by atoms with Crippen molar-refractivity contribution in [2.45, 2.75) is 85.4 Å². The second kappa shape index (κ2) is 12.7. The van der Waals surface area contributed by atoms with Gasteiger partial charge >= 0.3 is 5.97 Å². The molecule has 0 saturated heterocycles. The number of aryl methyl sites for hydroxylation is 1. The number of benzene rings is 1. The standard InChI is InChI=1S/C27H43N3O4/c1-10-19-13-12-14-20(16-19)18(4)22(28-8)24(31)29-23(27(5,6)7)25(32)30(9)21(11-2)15-17(3)26(33)34/h12-16,18,21-23,28H,10-11H2,1-9H3,(H,29,31)(H,33,34)/b17-15+/t18?,21-,22?,23?/m0/s1. The van der Waals surface area contributed by atoms with Crippen molar-refractivity contribution in [2.75, 3.05) is 14.1 Å². The van der Waals surface area contributed by atoms with Crippen molar-refractivity contribution in [2.24, 2.45) is 5.41 Å². The topological polar surface area (TPSA) is 98.7 Å². The molecule has 0 saturated carbocycles. The average molecular weight is 474 g/mol. The third-order valence-corrected chi connectivity index (χ3v) is 6.42. The molecule has 0 radical (unpaired) electrons. The lowest BCUT2D eigenvalue weighted by molar-refractivity contribution is -0.140. The van der Waals surface area contributed by atoms with Crippen LogP contribution in [-0.4, -0.2) is 60.0 Å². The summed E-state index contributed by atoms with van der Waals surface area (Å²) >= 11 is 0. The summed E-state index contributed by atoms with van der Waals surface area (Å²) in [7, 11) is 3.40. The van der Waals surface area contributed by atoms with Crippen LogP contribution >= 0.6 is 0 Å². The molecular formula is C27H43N3O4. The normalized spacial score (nSPS) is 15.7. The van der Waals surface area contributed by atoms with Crippen LogP contribution in [0.2, 0.25) is 0 Å². The summed E-state index contributed by atoms with van der Waals surface area (Å²) in [6.45, 7) is 13.2. The molecule has 190 valence electrons. The Morgan fingerprint density at radius 2 is 1.79 bits per heavy atom. The van der Waals surface area contributed by atoms with Crippen LogP contribution in [0.25, 0.3) is 0 Å². The maximum atomic E-state index is 13.5. The molecule has 0 bridgehead atoms. The summed E-state index contributed by atoms with van der Waals surface area (Å²) in [5, 5.41) is 15.4. The third-order valence-electron chi connectivity index (χ3n) is 6.42. The molecule has 0 heterocycles. The fourth-order valence-electron chi connectivity index (χ4n) is 4.01. The molecule has 0 aliphatic rings. The van der Waals surface area contributed by atoms with Crippen LogP contribution in [0.4, 0.5) is 0 Å². The van der Waals surface area contributed by atoms with E-state index < -0.39 is 23.5 Å². The van der Waals surface area contributed by atoms with Gasteiger partial charge in [-0.15, -0.1) is 0 Å². The quantitative estimate of drug-likeness (QED) is 0.425. The van der Waals surface area contributed by atoms with E-state index in [-0.39, 0.29) is 29.3 Å². The lowest BCUT2D eigenvalue weighted by atomic mass is 9.84. The van der Waals surface area contributed by atoms with Gasteiger partial charge in [-0.3, -0.25) is 9.59 Å². The zero-order chi connectivity index (χ0) is 26.2. The first kappa shape index (κ1) is 29.4. The summed E-state index contributed by atoms with van der Waals surface area (Å²) in [4.78, 5) is 39.7. The van der Waals surface area contributed by atoms with Crippen LogP contribution in [0.1, 0.15) is 71.9 Å². The number of carboxylic acids is 1. The lowest BCUT2D eigenvalue weighted by Crippen LogP contribution is -2.59. The van der Waals surface area contributed by atoms with Crippen LogP contribution in [0.3, 0.4) is 0 Å². The van der Waals surface area contributed by atoms with Crippen molar-refractivity contribution in [1.82, 2.24) is 15.5 Å². The van der Waals surface area contributed by atoms with Crippen LogP contribution < -0.4 is 10.6 Å². The maximum Gasteiger partial charge on any atom is 0.331 e. The highest BCUT2D eigenvalue weighted by Crippen LogP contribution is 2.25. The van der Waals surface area contributed by atoms with E-state index in [1.165, 1.54) is 17.4 Å². The Morgan fingerprint density at radius 1 is 1.18 bits per heavy atom. The number of hydrogen-bond donors (Lipinski definition) is 3. The number of nitrogens with zero attached hydrogens (tertiary/aromatic N) is 1. The molecule has 1 rings (SSSR count). The number of carbonyl (C=O) groups is 3. The van der Waals surface area contributed by atoms with Crippen molar-refractivity contribution in [3.8, 4) is 0 Å². The van der Waals surface area contributed by atoms with Gasteiger partial charge < -0.3 is 20.6 Å². The number of carbonyl (C=O) groups excluding carboxylic acids is 2. The lowest BCUT2D eigenvalue weighted by Gasteiger charge is -2.37. The van der Waals surface area contributed by atoms with Gasteiger partial charge in [-0.05, 0) is 43.4 Å². The summed E-state index contributed by atoms with van der Waals surface area (Å²) in [6, 6.07) is 6.52. The van der Waals surface area contributed by atoms with Gasteiger partial charge in [0, 0.05) is 18.5 Å². The van der Waals surface area contributed by atoms with Gasteiger partial charge in [0.05, 0.1) is 12.1 Å². The Bertz CT molecular complexity index is 888. The molecule has 3 N–H and O–H groups in total. The minimum absolute atomic E-state index is 0.102. The van der Waals surface area contributed by atoms with E-state index in [2.05, 4.69) is 29.7 Å². The van der Waals surface area contributed by atoms with Gasteiger partial charge in [-0.2, -0.15) is 0 Å². The van der Waals surface area contributed by atoms with E-state index in [1.54, 1.807) is 20.2 Å². The van der Waals surface area contributed by atoms with Crippen LogP contribution in [-0.2, 0) is 20.8 Å². The highest BCUT2D eigenvalue weighted by molar-refractivity contribution is 5.91. The molecule has 34 heavy (non-hydrogen) atoms. The van der Waals surface area contributed by atoms with Gasteiger partial charge in [0.2, 0.25) is 11.8 Å². The largest absolute Gasteiger partial charge is 0.478 e. The van der Waals surface area contributed by atoms with Crippen LogP contribution in [0, 0.1) is 5.41 Å². The van der Waals surface area contributed by atoms with Gasteiger partial charge in [-0.25, -0.2) is 4.79 Å². The van der Waals surface area contributed by atoms with E-state index in [9.17, 15) is 19.5 Å². The number of aliphatic carboxylic acids is 1. The molecular weight excluding hydrogens is 430 g/mol. The maximum absolute atomic E-state index is 13.5. The molecule has 0 fully saturated rings. The highest BCUT2D eigenvalue weighted by Gasteiger charge is 2.38. The smallest absolute Gasteiger partial charge is 0.331 e. The molecule has 0 aliphatic heterocycles. The van der Waals surface area contributed by atoms with Crippen molar-refractivity contribution >= 4 is 17.8 Å². The number of carboxylic acid groups (broad SMARTS) is 1. The first-order chi connectivity index (χ1) is 15.8. The van der Waals surface area contributed by atoms with E-state index >= 15 is 0 Å². The molecule has 1 aromatic carbocycles. The number of rotatable bonds is 11. The Labute approximate surface area is 205 Å². The molecule has 4 atom stereocenters. The van der Waals surface area contributed by atoms with Gasteiger partial charge in [0.15, 0.2) is 0 Å². The van der Waals surface area contributed by atoms with E-state index in [1.807, 2.05) is 46.8 Å². The predicted molar refractivity (Wildman–Crippen MR) is 137 cm³/mol. The highest BCUT2D eigenvalue weighted by atomic mass is 16.4. The third kappa shape index (κ3) is 7.69. The Morgan fingerprint density at radius 3 is 2.26 bits per heavy atom. The van der Waals surface area contributed by atoms with Gasteiger partial charge in [0.25, 0.3) is 0 Å². The Hall–Kier alpha value is -2.67. The van der Waals surface area contributed by atoms with Crippen molar-refractivity contribution < 1.29 is 19.5 Å². The van der Waals surface area contributed by atoms with Crippen molar-refractivity contribution in [1.29, 1.82) is 0 Å². The fourth-order valence-corrected chi connectivity index (χ4v) is 4.01. The van der Waals surface area contributed by atoms with E-state index in [4.69, 9.17) is 0 Å². The first-order valence-electron chi connectivity index (χ1n) is 12.0. The van der Waals surface area contributed by atoms with E-state index in [0.717, 1.165) is 12.0 Å².